The Morgan fingerprint density at radius 1 is 0.883 bits per heavy atom. The lowest BCUT2D eigenvalue weighted by Crippen LogP contribution is -2.55. The number of carbonyl (C=O) groups excluding carboxylic acids is 5. The van der Waals surface area contributed by atoms with Gasteiger partial charge in [0.2, 0.25) is 29.5 Å². The quantitative estimate of drug-likeness (QED) is 0.116. The van der Waals surface area contributed by atoms with Gasteiger partial charge in [0.25, 0.3) is 0 Å². The fraction of sp³-hybridized carbons (Fsp3) is 0.439. The van der Waals surface area contributed by atoms with E-state index in [4.69, 9.17) is 16.6 Å². The van der Waals surface area contributed by atoms with Crippen molar-refractivity contribution in [3.05, 3.63) is 135 Å². The zero-order valence-electron chi connectivity index (χ0n) is 44.2. The van der Waals surface area contributed by atoms with E-state index in [1.807, 2.05) is 111 Å². The molecule has 18 nitrogen and oxygen atoms in total. The van der Waals surface area contributed by atoms with Gasteiger partial charge in [-0.25, -0.2) is 4.68 Å². The Morgan fingerprint density at radius 2 is 1.60 bits per heavy atom. The lowest BCUT2D eigenvalue weighted by atomic mass is 9.85. The van der Waals surface area contributed by atoms with Gasteiger partial charge >= 0.3 is 0 Å². The molecule has 5 N–H and O–H groups in total. The molecule has 2 fully saturated rings. The Morgan fingerprint density at radius 3 is 2.31 bits per heavy atom. The smallest absolute Gasteiger partial charge is 0.248 e. The van der Waals surface area contributed by atoms with Gasteiger partial charge in [0.15, 0.2) is 5.82 Å². The number of halogens is 1. The van der Waals surface area contributed by atoms with E-state index in [1.165, 1.54) is 9.58 Å². The van der Waals surface area contributed by atoms with E-state index in [2.05, 4.69) is 55.6 Å². The summed E-state index contributed by atoms with van der Waals surface area (Å²) in [4.78, 5) is 80.0. The van der Waals surface area contributed by atoms with E-state index >= 15 is 0 Å². The molecule has 1 unspecified atom stereocenters. The topological polar surface area (TPSA) is 231 Å². The number of thiophene rings is 1. The zero-order chi connectivity index (χ0) is 54.3. The fourth-order valence-electron chi connectivity index (χ4n) is 10.9. The third-order valence-electron chi connectivity index (χ3n) is 15.5. The van der Waals surface area contributed by atoms with Crippen LogP contribution in [0.25, 0.3) is 16.1 Å². The van der Waals surface area contributed by atoms with Crippen LogP contribution in [0.5, 0.6) is 0 Å². The van der Waals surface area contributed by atoms with Crippen LogP contribution < -0.4 is 21.3 Å². The van der Waals surface area contributed by atoms with Crippen LogP contribution >= 0.6 is 22.9 Å². The van der Waals surface area contributed by atoms with E-state index in [0.29, 0.717) is 40.9 Å². The number of hydrogen-bond acceptors (Lipinski definition) is 12. The predicted octanol–water partition coefficient (Wildman–Crippen LogP) is 6.22. The van der Waals surface area contributed by atoms with Crippen molar-refractivity contribution in [2.24, 2.45) is 16.3 Å². The van der Waals surface area contributed by atoms with Crippen LogP contribution in [-0.2, 0) is 35.8 Å². The molecular formula is C57H65ClN12O6S. The second-order valence-electron chi connectivity index (χ2n) is 22.1. The molecule has 6 atom stereocenters. The Labute approximate surface area is 456 Å². The molecule has 20 heteroatoms. The number of aromatic nitrogens is 6. The summed E-state index contributed by atoms with van der Waals surface area (Å²) in [5.74, 6) is -1.55. The Balaban J connectivity index is 0.915. The number of aryl methyl sites for hydroxylation is 2. The first-order valence-electron chi connectivity index (χ1n) is 26.4. The van der Waals surface area contributed by atoms with Crippen LogP contribution in [0, 0.1) is 32.1 Å². The molecule has 6 aromatic rings. The van der Waals surface area contributed by atoms with Crippen molar-refractivity contribution in [3.63, 3.8) is 0 Å². The summed E-state index contributed by atoms with van der Waals surface area (Å²) in [6, 6.07) is 21.4. The molecular weight excluding hydrogens is 1020 g/mol. The lowest BCUT2D eigenvalue weighted by Gasteiger charge is -2.35. The number of aliphatic hydroxyl groups excluding tert-OH is 1. The largest absolute Gasteiger partial charge is 0.391 e. The first-order chi connectivity index (χ1) is 36.9. The number of hydrogen-bond donors (Lipinski definition) is 5. The molecule has 1 saturated carbocycles. The molecule has 1 saturated heterocycles. The number of nitrogens with zero attached hydrogens (tertiary/aromatic N) is 8. The van der Waals surface area contributed by atoms with Crippen molar-refractivity contribution in [2.75, 3.05) is 26.2 Å². The van der Waals surface area contributed by atoms with E-state index in [1.54, 1.807) is 17.5 Å². The number of carbonyl (C=O) groups is 5. The van der Waals surface area contributed by atoms with Gasteiger partial charge in [-0.05, 0) is 86.3 Å². The van der Waals surface area contributed by atoms with Crippen LogP contribution in [-0.4, -0.2) is 119 Å². The average Bonchev–Trinajstić information content (AvgIpc) is 3.74. The zero-order valence-corrected chi connectivity index (χ0v) is 45.7. The van der Waals surface area contributed by atoms with Gasteiger partial charge in [-0.2, -0.15) is 0 Å². The first kappa shape index (κ1) is 53.3. The third-order valence-corrected chi connectivity index (χ3v) is 17.0. The molecule has 0 radical (unpaired) electrons. The second-order valence-corrected chi connectivity index (χ2v) is 23.8. The normalized spacial score (nSPS) is 22.9. The minimum absolute atomic E-state index is 0.00357. The summed E-state index contributed by atoms with van der Waals surface area (Å²) in [6.45, 7) is 12.1. The SMILES string of the molecule is Cc1sc2c(c1C)C(c1ccc(Cl)cc1)=N[C@@H](CC(=O)NC[C@H]1CCCNC(=O)[C@@H](Cc3ccc(-c4ccccc4)cc3)NC(=O)[C@@H]3C[C@@H](O)CN3C(=O)C(C(C)(C)C)n3cc(nn3)C3(CC3)CNC1=O)c1nnc(C)n1-2. The minimum atomic E-state index is -1.06. The highest BCUT2D eigenvalue weighted by Gasteiger charge is 2.50. The number of aliphatic hydroxyl groups is 1. The van der Waals surface area contributed by atoms with Crippen molar-refractivity contribution in [3.8, 4) is 16.1 Å². The molecule has 3 aliphatic heterocycles. The van der Waals surface area contributed by atoms with Crippen LogP contribution in [0.4, 0.5) is 0 Å². The summed E-state index contributed by atoms with van der Waals surface area (Å²) in [6.07, 6.45) is 2.94. The number of amides is 5. The first-order valence-corrected chi connectivity index (χ1v) is 27.6. The number of rotatable bonds is 8. The summed E-state index contributed by atoms with van der Waals surface area (Å²) >= 11 is 7.95. The fourth-order valence-corrected chi connectivity index (χ4v) is 12.2. The molecule has 2 bridgehead atoms. The lowest BCUT2D eigenvalue weighted by molar-refractivity contribution is -0.144. The summed E-state index contributed by atoms with van der Waals surface area (Å²) in [7, 11) is 0. The van der Waals surface area contributed by atoms with E-state index < -0.39 is 64.7 Å². The van der Waals surface area contributed by atoms with Gasteiger partial charge < -0.3 is 31.3 Å². The van der Waals surface area contributed by atoms with E-state index in [-0.39, 0.29) is 57.3 Å². The highest BCUT2D eigenvalue weighted by Crippen LogP contribution is 2.47. The summed E-state index contributed by atoms with van der Waals surface area (Å²) < 4.78 is 3.52. The van der Waals surface area contributed by atoms with Crippen LogP contribution in [0.2, 0.25) is 5.02 Å². The van der Waals surface area contributed by atoms with E-state index in [9.17, 15) is 29.1 Å². The van der Waals surface area contributed by atoms with Crippen molar-refractivity contribution in [1.82, 2.24) is 55.9 Å². The standard InChI is InChI=1S/C57H65ClN12O6S/c1-32-33(2)77-55-47(32)48(38-18-20-40(58)21-19-38)62-42(50-66-64-34(3)70(50)55)27-46(72)60-28-39-13-10-24-59-52(74)43(25-35-14-16-37(17-15-35)36-11-8-7-9-12-36)63-53(75)44-26-41(71)29-68(44)54(76)49(56(4,5)6)69-30-45(65-67-69)57(22-23-57)31-61-51(39)73/h7-9,11-12,14-21,30,39,41-44,49,71H,10,13,22-29,31H2,1-6H3,(H,59,74)(H,60,72)(H,61,73)(H,63,75)/t39-,41-,42+,43-,44+,49?/m1/s1. The van der Waals surface area contributed by atoms with Gasteiger partial charge in [0.05, 0.1) is 36.0 Å². The highest BCUT2D eigenvalue weighted by atomic mass is 35.5. The van der Waals surface area contributed by atoms with Crippen LogP contribution in [0.3, 0.4) is 0 Å². The Bertz CT molecular complexity index is 3230. The van der Waals surface area contributed by atoms with Crippen molar-refractivity contribution in [1.29, 1.82) is 0 Å². The van der Waals surface area contributed by atoms with Crippen molar-refractivity contribution < 1.29 is 29.1 Å². The van der Waals surface area contributed by atoms with Crippen LogP contribution in [0.1, 0.15) is 116 Å². The molecule has 3 aromatic carbocycles. The van der Waals surface area contributed by atoms with Crippen LogP contribution in [0.15, 0.2) is 90.1 Å². The molecule has 6 heterocycles. The molecule has 10 rings (SSSR count). The van der Waals surface area contributed by atoms with Gasteiger partial charge in [0, 0.05) is 65.5 Å². The van der Waals surface area contributed by atoms with E-state index in [0.717, 1.165) is 56.1 Å². The molecule has 3 aromatic heterocycles. The Hall–Kier alpha value is -7.09. The molecule has 1 spiro atoms. The van der Waals surface area contributed by atoms with Crippen molar-refractivity contribution >= 4 is 58.2 Å². The molecule has 1 aliphatic carbocycles. The average molecular weight is 1080 g/mol. The number of nitrogens with one attached hydrogen (secondary N) is 4. The maximum Gasteiger partial charge on any atom is 0.248 e. The maximum absolute atomic E-state index is 14.8. The van der Waals surface area contributed by atoms with Gasteiger partial charge in [-0.15, -0.1) is 26.6 Å². The molecule has 4 aliphatic rings. The maximum atomic E-state index is 14.8. The van der Waals surface area contributed by atoms with Gasteiger partial charge in [-0.3, -0.25) is 33.5 Å². The summed E-state index contributed by atoms with van der Waals surface area (Å²) in [5, 5.41) is 42.8. The highest BCUT2D eigenvalue weighted by molar-refractivity contribution is 7.15. The number of aliphatic imine (C=N–C) groups is 1. The third kappa shape index (κ3) is 11.2. The van der Waals surface area contributed by atoms with Gasteiger partial charge in [0.1, 0.15) is 35.0 Å². The minimum Gasteiger partial charge on any atom is -0.391 e. The Kier molecular flexibility index (Phi) is 15.1. The summed E-state index contributed by atoms with van der Waals surface area (Å²) in [5.41, 5.74) is 5.77. The predicted molar refractivity (Wildman–Crippen MR) is 293 cm³/mol. The number of benzene rings is 3. The number of fused-ring (bicyclic) bond motifs is 7. The monoisotopic (exact) mass is 1080 g/mol. The van der Waals surface area contributed by atoms with Crippen molar-refractivity contribution in [2.45, 2.75) is 122 Å². The van der Waals surface area contributed by atoms with Gasteiger partial charge in [-0.1, -0.05) is 104 Å². The second kappa shape index (κ2) is 21.7. The molecule has 402 valence electrons. The molecule has 5 amide bonds. The molecule has 77 heavy (non-hydrogen) atoms.